The van der Waals surface area contributed by atoms with Crippen molar-refractivity contribution < 1.29 is 14.3 Å². The Kier molecular flexibility index (Phi) is 6.93. The van der Waals surface area contributed by atoms with Crippen molar-refractivity contribution in [3.63, 3.8) is 0 Å². The Labute approximate surface area is 189 Å². The van der Waals surface area contributed by atoms with Gasteiger partial charge in [0.2, 0.25) is 0 Å². The zero-order valence-electron chi connectivity index (χ0n) is 18.8. The maximum Gasteiger partial charge on any atom is 0.262 e. The van der Waals surface area contributed by atoms with E-state index in [1.54, 1.807) is 6.08 Å². The van der Waals surface area contributed by atoms with Crippen LogP contribution >= 0.6 is 0 Å². The lowest BCUT2D eigenvalue weighted by Crippen LogP contribution is -2.36. The number of carbonyl (C=O) groups is 1. The van der Waals surface area contributed by atoms with Gasteiger partial charge in [0.1, 0.15) is 11.6 Å². The number of anilines is 1. The summed E-state index contributed by atoms with van der Waals surface area (Å²) < 4.78 is 13.1. The quantitative estimate of drug-likeness (QED) is 0.558. The summed E-state index contributed by atoms with van der Waals surface area (Å²) in [5.74, 6) is -0.359. The highest BCUT2D eigenvalue weighted by Gasteiger charge is 2.19. The van der Waals surface area contributed by atoms with Gasteiger partial charge in [-0.1, -0.05) is 0 Å². The van der Waals surface area contributed by atoms with Gasteiger partial charge >= 0.3 is 0 Å². The molecule has 2 saturated heterocycles. The van der Waals surface area contributed by atoms with Gasteiger partial charge in [-0.05, 0) is 68.7 Å². The zero-order chi connectivity index (χ0) is 22.5. The number of aromatic nitrogens is 1. The lowest BCUT2D eigenvalue weighted by atomic mass is 10.1. The number of nitrogens with zero attached hydrogens (tertiary/aromatic N) is 3. The molecular weight excluding hydrogens is 404 g/mol. The molecule has 1 aromatic carbocycles. The minimum atomic E-state index is -0.359. The summed E-state index contributed by atoms with van der Waals surface area (Å²) in [6, 6.07) is 12.5. The molecular formula is C25H30N4O3. The fraction of sp³-hybridized carbons (Fsp3) is 0.440. The number of ether oxygens (including phenoxy) is 2. The summed E-state index contributed by atoms with van der Waals surface area (Å²) in [4.78, 5) is 14.8. The van der Waals surface area contributed by atoms with Crippen LogP contribution in [0.1, 0.15) is 29.8 Å². The SMILES string of the molecule is Cc1cc(/C=C(\C#N)C(=O)NC[C@H]2CCCO2)c(C)n1-c1ccc(N2CCOCC2)cc1. The molecule has 168 valence electrons. The van der Waals surface area contributed by atoms with Crippen LogP contribution in [0.5, 0.6) is 0 Å². The smallest absolute Gasteiger partial charge is 0.262 e. The first-order valence-electron chi connectivity index (χ1n) is 11.2. The van der Waals surface area contributed by atoms with Crippen LogP contribution in [0.3, 0.4) is 0 Å². The first kappa shape index (κ1) is 22.1. The van der Waals surface area contributed by atoms with Crippen molar-refractivity contribution in [1.82, 2.24) is 9.88 Å². The molecule has 0 aliphatic carbocycles. The van der Waals surface area contributed by atoms with Crippen molar-refractivity contribution in [1.29, 1.82) is 5.26 Å². The second-order valence-electron chi connectivity index (χ2n) is 8.29. The van der Waals surface area contributed by atoms with Crippen LogP contribution in [0.2, 0.25) is 0 Å². The molecule has 3 heterocycles. The first-order chi connectivity index (χ1) is 15.6. The molecule has 1 atom stereocenters. The molecule has 7 nitrogen and oxygen atoms in total. The number of nitriles is 1. The highest BCUT2D eigenvalue weighted by atomic mass is 16.5. The second kappa shape index (κ2) is 10.0. The largest absolute Gasteiger partial charge is 0.378 e. The van der Waals surface area contributed by atoms with Crippen LogP contribution < -0.4 is 10.2 Å². The van der Waals surface area contributed by atoms with Crippen LogP contribution in [-0.2, 0) is 14.3 Å². The molecule has 2 aromatic rings. The van der Waals surface area contributed by atoms with E-state index in [-0.39, 0.29) is 17.6 Å². The van der Waals surface area contributed by atoms with Gasteiger partial charge in [-0.15, -0.1) is 0 Å². The highest BCUT2D eigenvalue weighted by molar-refractivity contribution is 6.01. The van der Waals surface area contributed by atoms with Crippen LogP contribution in [-0.4, -0.2) is 56.0 Å². The molecule has 1 amide bonds. The molecule has 0 saturated carbocycles. The molecule has 32 heavy (non-hydrogen) atoms. The standard InChI is InChI=1S/C25H30N4O3/c1-18-14-20(15-21(16-26)25(30)27-17-24-4-3-11-32-24)19(2)29(18)23-7-5-22(6-8-23)28-9-12-31-13-10-28/h5-8,14-15,24H,3-4,9-13,17H2,1-2H3,(H,27,30)/b21-15+/t24-/m1/s1. The van der Waals surface area contributed by atoms with E-state index in [0.717, 1.165) is 68.4 Å². The minimum absolute atomic E-state index is 0.0457. The molecule has 2 fully saturated rings. The van der Waals surface area contributed by atoms with Crippen molar-refractivity contribution >= 4 is 17.7 Å². The fourth-order valence-corrected chi connectivity index (χ4v) is 4.38. The number of benzene rings is 1. The topological polar surface area (TPSA) is 79.5 Å². The minimum Gasteiger partial charge on any atom is -0.378 e. The lowest BCUT2D eigenvalue weighted by Gasteiger charge is -2.29. The number of amides is 1. The Balaban J connectivity index is 1.51. The Morgan fingerprint density at radius 1 is 1.19 bits per heavy atom. The van der Waals surface area contributed by atoms with Crippen molar-refractivity contribution in [3.8, 4) is 11.8 Å². The Morgan fingerprint density at radius 2 is 1.91 bits per heavy atom. The van der Waals surface area contributed by atoms with E-state index in [1.807, 2.05) is 26.0 Å². The molecule has 0 radical (unpaired) electrons. The number of hydrogen-bond donors (Lipinski definition) is 1. The number of carbonyl (C=O) groups excluding carboxylic acids is 1. The first-order valence-corrected chi connectivity index (χ1v) is 11.2. The number of nitrogens with one attached hydrogen (secondary N) is 1. The molecule has 2 aliphatic heterocycles. The molecule has 0 unspecified atom stereocenters. The van der Waals surface area contributed by atoms with Gasteiger partial charge in [0.25, 0.3) is 5.91 Å². The van der Waals surface area contributed by atoms with E-state index in [4.69, 9.17) is 9.47 Å². The summed E-state index contributed by atoms with van der Waals surface area (Å²) in [6.07, 6.45) is 3.67. The van der Waals surface area contributed by atoms with Gasteiger partial charge in [0.15, 0.2) is 0 Å². The molecule has 0 spiro atoms. The summed E-state index contributed by atoms with van der Waals surface area (Å²) in [5, 5.41) is 12.4. The van der Waals surface area contributed by atoms with Crippen LogP contribution in [0.15, 0.2) is 35.9 Å². The summed E-state index contributed by atoms with van der Waals surface area (Å²) in [6.45, 7) is 8.54. The van der Waals surface area contributed by atoms with Crippen molar-refractivity contribution in [2.45, 2.75) is 32.8 Å². The van der Waals surface area contributed by atoms with Crippen LogP contribution in [0.25, 0.3) is 11.8 Å². The monoisotopic (exact) mass is 434 g/mol. The summed E-state index contributed by atoms with van der Waals surface area (Å²) in [5.41, 5.74) is 5.24. The zero-order valence-corrected chi connectivity index (χ0v) is 18.8. The molecule has 7 heteroatoms. The fourth-order valence-electron chi connectivity index (χ4n) is 4.38. The van der Waals surface area contributed by atoms with Gasteiger partial charge < -0.3 is 24.3 Å². The predicted octanol–water partition coefficient (Wildman–Crippen LogP) is 3.13. The van der Waals surface area contributed by atoms with E-state index in [2.05, 4.69) is 39.0 Å². The van der Waals surface area contributed by atoms with Crippen molar-refractivity contribution in [3.05, 3.63) is 52.9 Å². The van der Waals surface area contributed by atoms with E-state index in [9.17, 15) is 10.1 Å². The third-order valence-electron chi connectivity index (χ3n) is 6.13. The van der Waals surface area contributed by atoms with Gasteiger partial charge in [-0.25, -0.2) is 0 Å². The molecule has 4 rings (SSSR count). The van der Waals surface area contributed by atoms with Gasteiger partial charge in [-0.3, -0.25) is 4.79 Å². The Morgan fingerprint density at radius 3 is 2.56 bits per heavy atom. The average Bonchev–Trinajstić information content (AvgIpc) is 3.44. The van der Waals surface area contributed by atoms with E-state index in [0.29, 0.717) is 6.54 Å². The van der Waals surface area contributed by atoms with Gasteiger partial charge in [0.05, 0.1) is 19.3 Å². The predicted molar refractivity (Wildman–Crippen MR) is 124 cm³/mol. The third-order valence-corrected chi connectivity index (χ3v) is 6.13. The third kappa shape index (κ3) is 4.87. The Bertz CT molecular complexity index is 1020. The molecule has 1 aromatic heterocycles. The summed E-state index contributed by atoms with van der Waals surface area (Å²) in [7, 11) is 0. The molecule has 1 N–H and O–H groups in total. The number of rotatable bonds is 6. The second-order valence-corrected chi connectivity index (χ2v) is 8.29. The van der Waals surface area contributed by atoms with E-state index < -0.39 is 0 Å². The van der Waals surface area contributed by atoms with Crippen molar-refractivity contribution in [2.24, 2.45) is 0 Å². The van der Waals surface area contributed by atoms with Gasteiger partial charge in [-0.2, -0.15) is 5.26 Å². The van der Waals surface area contributed by atoms with E-state index >= 15 is 0 Å². The maximum absolute atomic E-state index is 12.5. The van der Waals surface area contributed by atoms with Crippen LogP contribution in [0.4, 0.5) is 5.69 Å². The van der Waals surface area contributed by atoms with E-state index in [1.165, 1.54) is 5.69 Å². The summed E-state index contributed by atoms with van der Waals surface area (Å²) >= 11 is 0. The highest BCUT2D eigenvalue weighted by Crippen LogP contribution is 2.25. The number of morpholine rings is 1. The average molecular weight is 435 g/mol. The van der Waals surface area contributed by atoms with Crippen LogP contribution in [0, 0.1) is 25.2 Å². The lowest BCUT2D eigenvalue weighted by molar-refractivity contribution is -0.117. The normalized spacial score (nSPS) is 19.1. The Hall–Kier alpha value is -3.08. The maximum atomic E-state index is 12.5. The molecule has 2 aliphatic rings. The number of hydrogen-bond acceptors (Lipinski definition) is 5. The van der Waals surface area contributed by atoms with Crippen molar-refractivity contribution in [2.75, 3.05) is 44.4 Å². The molecule has 0 bridgehead atoms. The van der Waals surface area contributed by atoms with Gasteiger partial charge in [0, 0.05) is 49.0 Å². The number of aryl methyl sites for hydroxylation is 1.